The number of nitrogens with one attached hydrogen (secondary N) is 1. The van der Waals surface area contributed by atoms with E-state index in [1.165, 1.54) is 31.4 Å². The van der Waals surface area contributed by atoms with Gasteiger partial charge in [-0.15, -0.1) is 5.75 Å². The fourth-order valence-electron chi connectivity index (χ4n) is 11.4. The Morgan fingerprint density at radius 1 is 0.951 bits per heavy atom. The Morgan fingerprint density at radius 3 is 2.49 bits per heavy atom. The first-order chi connectivity index (χ1) is 29.4. The number of aromatic hydroxyl groups is 1. The van der Waals surface area contributed by atoms with Crippen molar-refractivity contribution in [1.29, 1.82) is 0 Å². The van der Waals surface area contributed by atoms with Gasteiger partial charge in [0.05, 0.1) is 29.4 Å². The van der Waals surface area contributed by atoms with E-state index in [2.05, 4.69) is 35.1 Å². The second kappa shape index (κ2) is 20.0. The number of H-pyrrole nitrogens is 1. The minimum absolute atomic E-state index is 0.0634. The van der Waals surface area contributed by atoms with Crippen LogP contribution >= 0.6 is 0 Å². The monoisotopic (exact) mass is 832 g/mol. The number of carboxylic acids is 1. The molecule has 3 aliphatic rings. The summed E-state index contributed by atoms with van der Waals surface area (Å²) < 4.78 is 0. The van der Waals surface area contributed by atoms with Crippen LogP contribution in [-0.4, -0.2) is 59.3 Å². The predicted molar refractivity (Wildman–Crippen MR) is 237 cm³/mol. The molecule has 0 radical (unpaired) electrons. The van der Waals surface area contributed by atoms with Crippen molar-refractivity contribution in [3.8, 4) is 33.9 Å². The Balaban J connectivity index is 1.06. The van der Waals surface area contributed by atoms with Crippen molar-refractivity contribution in [3.05, 3.63) is 96.3 Å². The highest BCUT2D eigenvalue weighted by molar-refractivity contribution is 5.83. The summed E-state index contributed by atoms with van der Waals surface area (Å²) in [6.45, 7) is 2.20. The second-order valence-corrected chi connectivity index (χ2v) is 18.7. The lowest BCUT2D eigenvalue weighted by Gasteiger charge is -2.45. The van der Waals surface area contributed by atoms with Crippen molar-refractivity contribution in [1.82, 2.24) is 9.97 Å². The summed E-state index contributed by atoms with van der Waals surface area (Å²) in [5.41, 5.74) is 9.96. The van der Waals surface area contributed by atoms with Gasteiger partial charge < -0.3 is 41.4 Å². The number of phenolic OH excluding ortho intramolecular Hbond substituents is 1. The Hall–Kier alpha value is -4.64. The number of nitrogens with zero attached hydrogens (tertiary/aromatic N) is 1. The van der Waals surface area contributed by atoms with Crippen LogP contribution in [0.1, 0.15) is 108 Å². The molecule has 0 aliphatic heterocycles. The number of aliphatic hydroxyl groups is 3. The highest BCUT2D eigenvalue weighted by Crippen LogP contribution is 2.56. The number of pyridine rings is 1. The molecule has 8 N–H and O–H groups in total. The first-order valence-electron chi connectivity index (χ1n) is 22.9. The zero-order valence-corrected chi connectivity index (χ0v) is 35.7. The van der Waals surface area contributed by atoms with Gasteiger partial charge >= 0.3 is 5.97 Å². The number of hydrogen-bond donors (Lipinski definition) is 7. The van der Waals surface area contributed by atoms with E-state index >= 15 is 0 Å². The van der Waals surface area contributed by atoms with E-state index in [9.17, 15) is 35.4 Å². The molecule has 2 heterocycles. The summed E-state index contributed by atoms with van der Waals surface area (Å²) in [5, 5.41) is 69.0. The number of phenols is 1. The molecule has 10 atom stereocenters. The average Bonchev–Trinajstić information content (AvgIpc) is 3.77. The molecule has 328 valence electrons. The van der Waals surface area contributed by atoms with E-state index in [0.29, 0.717) is 61.5 Å². The summed E-state index contributed by atoms with van der Waals surface area (Å²) in [6, 6.07) is 20.1. The lowest BCUT2D eigenvalue weighted by Crippen LogP contribution is -2.50. The minimum Gasteiger partial charge on any atom is -0.872 e. The van der Waals surface area contributed by atoms with Crippen LogP contribution in [0.3, 0.4) is 0 Å². The van der Waals surface area contributed by atoms with Crippen molar-refractivity contribution < 1.29 is 35.4 Å². The largest absolute Gasteiger partial charge is 0.872 e. The number of rotatable bonds is 19. The van der Waals surface area contributed by atoms with Crippen LogP contribution in [0.4, 0.5) is 5.82 Å². The number of benzene rings is 2. The third kappa shape index (κ3) is 10.7. The lowest BCUT2D eigenvalue weighted by molar-refractivity contribution is -0.268. The lowest BCUT2D eigenvalue weighted by atomic mass is 9.64. The van der Waals surface area contributed by atoms with E-state index in [0.717, 1.165) is 67.3 Å². The number of aromatic nitrogens is 2. The average molecular weight is 833 g/mol. The number of unbranched alkanes of at least 4 members (excludes halogenated alkanes) is 4. The van der Waals surface area contributed by atoms with Gasteiger partial charge in [-0.1, -0.05) is 94.0 Å². The molecule has 0 saturated heterocycles. The molecule has 0 spiro atoms. The molecule has 0 amide bonds. The molecule has 10 unspecified atom stereocenters. The molecule has 61 heavy (non-hydrogen) atoms. The van der Waals surface area contributed by atoms with E-state index < -0.39 is 23.6 Å². The van der Waals surface area contributed by atoms with Gasteiger partial charge in [-0.25, -0.2) is 4.98 Å². The van der Waals surface area contributed by atoms with Crippen molar-refractivity contribution >= 4 is 11.8 Å². The van der Waals surface area contributed by atoms with Gasteiger partial charge in [0.25, 0.3) is 0 Å². The van der Waals surface area contributed by atoms with E-state index in [-0.39, 0.29) is 47.2 Å². The number of hydrogen-bond acceptors (Lipinski definition) is 8. The Labute approximate surface area is 361 Å². The van der Waals surface area contributed by atoms with Crippen LogP contribution in [-0.2, 0) is 17.6 Å². The minimum atomic E-state index is -1.16. The molecule has 2 aromatic heterocycles. The maximum absolute atomic E-state index is 13.0. The summed E-state index contributed by atoms with van der Waals surface area (Å²) in [5.74, 6) is -1.82. The smallest absolute Gasteiger partial charge is 0.309 e. The fraction of sp³-hybridized carbons (Fsp3) is 0.529. The standard InChI is InChI=1S/C51H67N3O7/c1-2-3-6-11-32-16-17-35(46(57)23-32)14-9-5-10-15-43(50(59)60)49(58)36-18-19-45-37(22-33-20-21-53-47(52)24-33)25-39(51(45,61)31-36)28-40-29-44(34-12-7-4-8-13-34)48(54-40)38-26-41(55)30-42(56)27-38/h4,7-8,12-13,16-17,20-21,24,26-27,29-30,32,35-37,39,43,45-46,49,54-58,61H,2-3,5-6,9-11,14-15,18-19,22-23,25,28,31H2,1H3,(H2,52,53)(H,59,60)/p-1. The van der Waals surface area contributed by atoms with Gasteiger partial charge in [-0.3, -0.25) is 4.79 Å². The SMILES string of the molecule is CCCCCC1C=CC(CCCCCC(C(=O)O)C(O)C2CCC3C(Cc4ccnc(N)c4)CC(Cc4cc(-c5ccccc5)c(-c5cc([O-])cc(O)c5)[nH]4)C3(O)C2)C(O)C1. The summed E-state index contributed by atoms with van der Waals surface area (Å²) >= 11 is 0. The number of aliphatic hydroxyl groups excluding tert-OH is 2. The molecular weight excluding hydrogens is 767 g/mol. The van der Waals surface area contributed by atoms with Crippen LogP contribution in [0.2, 0.25) is 0 Å². The number of anilines is 1. The van der Waals surface area contributed by atoms with Crippen molar-refractivity contribution in [2.75, 3.05) is 5.73 Å². The molecule has 2 saturated carbocycles. The maximum atomic E-state index is 13.0. The highest BCUT2D eigenvalue weighted by Gasteiger charge is 2.57. The van der Waals surface area contributed by atoms with Crippen LogP contribution in [0, 0.1) is 41.4 Å². The number of carbonyl (C=O) groups is 1. The van der Waals surface area contributed by atoms with Gasteiger partial charge in [-0.05, 0) is 135 Å². The van der Waals surface area contributed by atoms with E-state index in [1.54, 1.807) is 12.3 Å². The van der Waals surface area contributed by atoms with Crippen molar-refractivity contribution in [2.45, 2.75) is 127 Å². The molecule has 3 aliphatic carbocycles. The molecule has 7 rings (SSSR count). The second-order valence-electron chi connectivity index (χ2n) is 18.7. The van der Waals surface area contributed by atoms with E-state index in [4.69, 9.17) is 5.73 Å². The number of aliphatic carboxylic acids is 1. The molecule has 0 bridgehead atoms. The summed E-state index contributed by atoms with van der Waals surface area (Å²) in [4.78, 5) is 20.5. The Bertz CT molecular complexity index is 2060. The van der Waals surface area contributed by atoms with Gasteiger partial charge in [0.2, 0.25) is 0 Å². The fourth-order valence-corrected chi connectivity index (χ4v) is 11.4. The molecular formula is C51H66N3O7-. The van der Waals surface area contributed by atoms with Crippen molar-refractivity contribution in [2.24, 2.45) is 41.4 Å². The Kier molecular flexibility index (Phi) is 14.6. The van der Waals surface area contributed by atoms with Crippen LogP contribution in [0.5, 0.6) is 11.5 Å². The third-order valence-electron chi connectivity index (χ3n) is 14.5. The molecule has 2 fully saturated rings. The number of aromatic amines is 1. The first kappa shape index (κ1) is 44.4. The van der Waals surface area contributed by atoms with Crippen LogP contribution < -0.4 is 10.8 Å². The zero-order chi connectivity index (χ0) is 43.1. The van der Waals surface area contributed by atoms with Gasteiger partial charge in [0.1, 0.15) is 11.6 Å². The normalized spacial score (nSPS) is 27.1. The maximum Gasteiger partial charge on any atom is 0.309 e. The highest BCUT2D eigenvalue weighted by atomic mass is 16.4. The van der Waals surface area contributed by atoms with Gasteiger partial charge in [-0.2, -0.15) is 0 Å². The van der Waals surface area contributed by atoms with Gasteiger partial charge in [0, 0.05) is 28.9 Å². The predicted octanol–water partition coefficient (Wildman–Crippen LogP) is 8.82. The number of nitrogens with two attached hydrogens (primary N) is 1. The Morgan fingerprint density at radius 2 is 1.75 bits per heavy atom. The molecule has 10 nitrogen and oxygen atoms in total. The summed E-state index contributed by atoms with van der Waals surface area (Å²) in [6.07, 6.45) is 17.5. The number of nitrogen functional groups attached to an aromatic ring is 1. The van der Waals surface area contributed by atoms with Crippen LogP contribution in [0.25, 0.3) is 22.4 Å². The number of allylic oxidation sites excluding steroid dienone is 1. The summed E-state index contributed by atoms with van der Waals surface area (Å²) in [7, 11) is 0. The van der Waals surface area contributed by atoms with Gasteiger partial charge in [0.15, 0.2) is 0 Å². The topological polar surface area (TPSA) is 196 Å². The number of fused-ring (bicyclic) bond motifs is 1. The van der Waals surface area contributed by atoms with Crippen LogP contribution in [0.15, 0.2) is 85.1 Å². The third-order valence-corrected chi connectivity index (χ3v) is 14.5. The first-order valence-corrected chi connectivity index (χ1v) is 22.9. The molecule has 4 aromatic rings. The van der Waals surface area contributed by atoms with Crippen molar-refractivity contribution in [3.63, 3.8) is 0 Å². The molecule has 10 heteroatoms. The van der Waals surface area contributed by atoms with E-state index in [1.807, 2.05) is 42.5 Å². The number of carboxylic acid groups (broad SMARTS) is 1. The zero-order valence-electron chi connectivity index (χ0n) is 35.7. The quantitative estimate of drug-likeness (QED) is 0.0357. The molecule has 2 aromatic carbocycles.